The molecule has 7 aliphatic rings. The van der Waals surface area contributed by atoms with Gasteiger partial charge in [0.05, 0.1) is 11.0 Å². The Labute approximate surface area is 222 Å². The summed E-state index contributed by atoms with van der Waals surface area (Å²) in [5.41, 5.74) is 0.678. The van der Waals surface area contributed by atoms with E-state index in [9.17, 15) is 20.1 Å². The topological polar surface area (TPSA) is 93.5 Å². The van der Waals surface area contributed by atoms with Crippen LogP contribution in [0.5, 0.6) is 11.5 Å². The Morgan fingerprint density at radius 3 is 2.63 bits per heavy atom. The van der Waals surface area contributed by atoms with Crippen LogP contribution in [0.1, 0.15) is 48.8 Å². The number of piperidine rings is 1. The molecule has 5 aliphatic carbocycles. The van der Waals surface area contributed by atoms with E-state index < -0.39 is 28.1 Å². The molecule has 9 rings (SSSR count). The van der Waals surface area contributed by atoms with Gasteiger partial charge < -0.3 is 25.0 Å². The quantitative estimate of drug-likeness (QED) is 0.568. The number of benzene rings is 2. The third kappa shape index (κ3) is 2.67. The van der Waals surface area contributed by atoms with Crippen molar-refractivity contribution in [2.75, 3.05) is 20.1 Å². The van der Waals surface area contributed by atoms with Gasteiger partial charge in [0, 0.05) is 42.7 Å². The number of aliphatic hydroxyl groups is 2. The van der Waals surface area contributed by atoms with Gasteiger partial charge in [0.25, 0.3) is 5.91 Å². The first-order valence-electron chi connectivity index (χ1n) is 13.9. The summed E-state index contributed by atoms with van der Waals surface area (Å²) in [6.45, 7) is 1.88. The molecule has 2 aromatic carbocycles. The van der Waals surface area contributed by atoms with Crippen molar-refractivity contribution >= 4 is 5.91 Å². The fraction of sp³-hybridized carbons (Fsp3) is 0.516. The molecule has 2 spiro atoms. The van der Waals surface area contributed by atoms with Gasteiger partial charge in [-0.1, -0.05) is 42.5 Å². The molecule has 7 heteroatoms. The molecule has 0 radical (unpaired) electrons. The first-order valence-corrected chi connectivity index (χ1v) is 13.9. The molecule has 2 heterocycles. The zero-order chi connectivity index (χ0) is 26.1. The van der Waals surface area contributed by atoms with Gasteiger partial charge in [-0.15, -0.1) is 0 Å². The predicted molar refractivity (Wildman–Crippen MR) is 140 cm³/mol. The number of phenols is 1. The van der Waals surface area contributed by atoms with Crippen LogP contribution < -0.4 is 4.74 Å². The summed E-state index contributed by atoms with van der Waals surface area (Å²) in [5, 5.41) is 34.2. The second-order valence-corrected chi connectivity index (χ2v) is 12.8. The van der Waals surface area contributed by atoms with E-state index in [1.165, 1.54) is 0 Å². The number of amides is 1. The van der Waals surface area contributed by atoms with Crippen molar-refractivity contribution < 1.29 is 24.9 Å². The lowest BCUT2D eigenvalue weighted by Gasteiger charge is -2.70. The van der Waals surface area contributed by atoms with E-state index >= 15 is 0 Å². The number of β-amino-alcohol motifs (C(OH)–C–C–N with tert-alkyl or cyclic N) is 1. The SMILES string of the molecule is CN(Cc1ccccc1)C(=O)C1=C[C@@]23CC[C@]1(O)[C@@H]1Oc4c(O)ccc5c4[C@@]12CCN(CC1(O)CC1)[C@@H]3C5. The summed E-state index contributed by atoms with van der Waals surface area (Å²) in [6, 6.07) is 13.7. The highest BCUT2D eigenvalue weighted by Crippen LogP contribution is 2.74. The minimum atomic E-state index is -1.44. The molecule has 7 nitrogen and oxygen atoms in total. The molecule has 3 N–H and O–H groups in total. The molecule has 2 saturated carbocycles. The van der Waals surface area contributed by atoms with Crippen LogP contribution in [0, 0.1) is 5.41 Å². The monoisotopic (exact) mass is 514 g/mol. The number of hydrogen-bond acceptors (Lipinski definition) is 6. The van der Waals surface area contributed by atoms with Gasteiger partial charge in [-0.05, 0) is 62.3 Å². The van der Waals surface area contributed by atoms with Crippen LogP contribution >= 0.6 is 0 Å². The zero-order valence-corrected chi connectivity index (χ0v) is 21.7. The highest BCUT2D eigenvalue weighted by molar-refractivity contribution is 5.97. The van der Waals surface area contributed by atoms with Crippen molar-refractivity contribution in [1.82, 2.24) is 9.80 Å². The van der Waals surface area contributed by atoms with E-state index in [0.717, 1.165) is 55.3 Å². The number of rotatable bonds is 5. The maximum Gasteiger partial charge on any atom is 0.252 e. The van der Waals surface area contributed by atoms with E-state index in [-0.39, 0.29) is 17.7 Å². The molecule has 0 aromatic heterocycles. The average molecular weight is 515 g/mol. The van der Waals surface area contributed by atoms with Gasteiger partial charge in [-0.25, -0.2) is 0 Å². The number of likely N-dealkylation sites (tertiary alicyclic amines) is 1. The van der Waals surface area contributed by atoms with Gasteiger partial charge in [-0.2, -0.15) is 0 Å². The molecule has 3 fully saturated rings. The van der Waals surface area contributed by atoms with Crippen LogP contribution in [0.15, 0.2) is 54.1 Å². The number of carbonyl (C=O) groups excluding carboxylic acids is 1. The number of aromatic hydroxyl groups is 1. The lowest BCUT2D eigenvalue weighted by atomic mass is 9.38. The smallest absolute Gasteiger partial charge is 0.252 e. The number of hydrogen-bond donors (Lipinski definition) is 3. The maximum atomic E-state index is 14.1. The summed E-state index contributed by atoms with van der Waals surface area (Å²) >= 11 is 0. The van der Waals surface area contributed by atoms with E-state index in [2.05, 4.69) is 11.0 Å². The third-order valence-electron chi connectivity index (χ3n) is 10.8. The average Bonchev–Trinajstić information content (AvgIpc) is 3.51. The van der Waals surface area contributed by atoms with Crippen LogP contribution in [0.4, 0.5) is 0 Å². The number of phenolic OH excluding ortho intramolecular Hbond substituents is 1. The van der Waals surface area contributed by atoms with Crippen molar-refractivity contribution in [2.24, 2.45) is 5.41 Å². The lowest BCUT2D eigenvalue weighted by Crippen LogP contribution is -2.78. The Hall–Kier alpha value is -2.87. The van der Waals surface area contributed by atoms with E-state index in [0.29, 0.717) is 30.8 Å². The molecule has 2 aliphatic heterocycles. The molecule has 1 amide bonds. The first-order chi connectivity index (χ1) is 18.2. The minimum Gasteiger partial charge on any atom is -0.504 e. The van der Waals surface area contributed by atoms with Gasteiger partial charge in [0.15, 0.2) is 11.5 Å². The molecular weight excluding hydrogens is 480 g/mol. The highest BCUT2D eigenvalue weighted by atomic mass is 16.5. The largest absolute Gasteiger partial charge is 0.504 e. The number of likely N-dealkylation sites (N-methyl/N-ethyl adjacent to an activating group) is 1. The Morgan fingerprint density at radius 1 is 1.08 bits per heavy atom. The normalized spacial score (nSPS) is 36.8. The first kappa shape index (κ1) is 23.1. The summed E-state index contributed by atoms with van der Waals surface area (Å²) in [5.74, 6) is 0.419. The van der Waals surface area contributed by atoms with E-state index in [1.807, 2.05) is 36.4 Å². The molecule has 2 aromatic rings. The molecular formula is C31H34N2O5. The maximum absolute atomic E-state index is 14.1. The van der Waals surface area contributed by atoms with E-state index in [1.54, 1.807) is 18.0 Å². The van der Waals surface area contributed by atoms with Crippen LogP contribution in [0.2, 0.25) is 0 Å². The van der Waals surface area contributed by atoms with Crippen LogP contribution in [-0.2, 0) is 23.2 Å². The Bertz CT molecular complexity index is 1400. The zero-order valence-electron chi connectivity index (χ0n) is 21.7. The second-order valence-electron chi connectivity index (χ2n) is 12.8. The van der Waals surface area contributed by atoms with Crippen molar-refractivity contribution in [2.45, 2.75) is 73.8 Å². The fourth-order valence-electron chi connectivity index (χ4n) is 8.95. The molecule has 38 heavy (non-hydrogen) atoms. The van der Waals surface area contributed by atoms with Crippen molar-refractivity contribution in [3.05, 3.63) is 70.8 Å². The number of nitrogens with zero attached hydrogens (tertiary/aromatic N) is 2. The number of carbonyl (C=O) groups is 1. The Kier molecular flexibility index (Phi) is 4.37. The highest BCUT2D eigenvalue weighted by Gasteiger charge is 2.79. The van der Waals surface area contributed by atoms with Crippen LogP contribution in [0.25, 0.3) is 0 Å². The summed E-state index contributed by atoms with van der Waals surface area (Å²) < 4.78 is 6.59. The van der Waals surface area contributed by atoms with Gasteiger partial charge in [-0.3, -0.25) is 9.69 Å². The number of ether oxygens (including phenoxy) is 1. The van der Waals surface area contributed by atoms with Crippen LogP contribution in [0.3, 0.4) is 0 Å². The van der Waals surface area contributed by atoms with Crippen molar-refractivity contribution in [1.29, 1.82) is 0 Å². The molecule has 5 atom stereocenters. The standard InChI is InChI=1S/C31H34N2O5/c1-32(17-19-5-3-2-4-6-19)26(35)21-16-29-11-12-31(21,37)27-30(29)13-14-33(18-28(36)9-10-28)23(29)15-20-7-8-22(34)25(38-27)24(20)30/h2-8,16,23,27,34,36-37H,9-15,17-18H2,1H3/t23-,27-,29-,30+,31-/m1/s1. The van der Waals surface area contributed by atoms with E-state index in [4.69, 9.17) is 4.74 Å². The Morgan fingerprint density at radius 2 is 1.87 bits per heavy atom. The Balaban J connectivity index is 1.28. The molecule has 0 unspecified atom stereocenters. The van der Waals surface area contributed by atoms with Crippen molar-refractivity contribution in [3.8, 4) is 11.5 Å². The predicted octanol–water partition coefficient (Wildman–Crippen LogP) is 2.66. The fourth-order valence-corrected chi connectivity index (χ4v) is 8.95. The van der Waals surface area contributed by atoms with Crippen LogP contribution in [-0.4, -0.2) is 74.5 Å². The van der Waals surface area contributed by atoms with Gasteiger partial charge >= 0.3 is 0 Å². The molecule has 1 saturated heterocycles. The summed E-state index contributed by atoms with van der Waals surface area (Å²) in [7, 11) is 1.79. The summed E-state index contributed by atoms with van der Waals surface area (Å²) in [6.07, 6.45) is 5.87. The summed E-state index contributed by atoms with van der Waals surface area (Å²) in [4.78, 5) is 18.2. The number of fused-ring (bicyclic) bond motifs is 1. The third-order valence-corrected chi connectivity index (χ3v) is 10.8. The lowest BCUT2D eigenvalue weighted by molar-refractivity contribution is -0.190. The van der Waals surface area contributed by atoms with Crippen molar-refractivity contribution in [3.63, 3.8) is 0 Å². The van der Waals surface area contributed by atoms with Gasteiger partial charge in [0.1, 0.15) is 11.7 Å². The van der Waals surface area contributed by atoms with Gasteiger partial charge in [0.2, 0.25) is 0 Å². The minimum absolute atomic E-state index is 0.0852. The second kappa shape index (κ2) is 7.20. The molecule has 4 bridgehead atoms. The molecule has 198 valence electrons.